The van der Waals surface area contributed by atoms with Gasteiger partial charge in [-0.1, -0.05) is 24.3 Å². The SMILES string of the molecule is COc1ccc2c(c1)C(=O)[C@@H](C[C@@]1(O)C(=O)Nc3ccccc31)CC2. The van der Waals surface area contributed by atoms with Crippen LogP contribution in [0.2, 0.25) is 0 Å². The van der Waals surface area contributed by atoms with Crippen LogP contribution in [0.15, 0.2) is 42.5 Å². The van der Waals surface area contributed by atoms with E-state index in [0.29, 0.717) is 29.0 Å². The molecule has 1 aliphatic heterocycles. The molecule has 1 amide bonds. The third kappa shape index (κ3) is 2.43. The van der Waals surface area contributed by atoms with Gasteiger partial charge in [-0.2, -0.15) is 0 Å². The average Bonchev–Trinajstić information content (AvgIpc) is 2.88. The van der Waals surface area contributed by atoms with Crippen molar-refractivity contribution in [1.29, 1.82) is 0 Å². The summed E-state index contributed by atoms with van der Waals surface area (Å²) in [5, 5.41) is 13.8. The smallest absolute Gasteiger partial charge is 0.261 e. The number of anilines is 1. The molecule has 5 nitrogen and oxygen atoms in total. The molecular weight excluding hydrogens is 318 g/mol. The molecule has 0 saturated carbocycles. The summed E-state index contributed by atoms with van der Waals surface area (Å²) in [5.41, 5.74) is 1.12. The summed E-state index contributed by atoms with van der Waals surface area (Å²) in [6.45, 7) is 0. The summed E-state index contributed by atoms with van der Waals surface area (Å²) < 4.78 is 5.21. The number of methoxy groups -OCH3 is 1. The van der Waals surface area contributed by atoms with Crippen molar-refractivity contribution in [1.82, 2.24) is 0 Å². The zero-order valence-corrected chi connectivity index (χ0v) is 13.9. The van der Waals surface area contributed by atoms with Gasteiger partial charge in [-0.05, 0) is 43.0 Å². The van der Waals surface area contributed by atoms with Gasteiger partial charge < -0.3 is 15.2 Å². The minimum atomic E-state index is -1.66. The first kappa shape index (κ1) is 15.8. The summed E-state index contributed by atoms with van der Waals surface area (Å²) in [6, 6.07) is 12.6. The maximum atomic E-state index is 12.9. The van der Waals surface area contributed by atoms with E-state index in [1.165, 1.54) is 0 Å². The zero-order valence-electron chi connectivity index (χ0n) is 13.9. The molecule has 1 heterocycles. The quantitative estimate of drug-likeness (QED) is 0.903. The molecule has 25 heavy (non-hydrogen) atoms. The summed E-state index contributed by atoms with van der Waals surface area (Å²) in [6.07, 6.45) is 1.45. The standard InChI is InChI=1S/C20H19NO4/c1-25-14-9-8-12-6-7-13(18(22)15(12)10-14)11-20(24)16-4-2-3-5-17(16)21-19(20)23/h2-5,8-10,13,24H,6-7,11H2,1H3,(H,21,23)/t13-,20+/m1/s1. The van der Waals surface area contributed by atoms with Crippen LogP contribution in [-0.2, 0) is 16.8 Å². The number of para-hydroxylation sites is 1. The molecule has 2 aliphatic rings. The number of ketones is 1. The van der Waals surface area contributed by atoms with Crippen molar-refractivity contribution in [2.24, 2.45) is 5.92 Å². The molecular formula is C20H19NO4. The molecule has 0 fully saturated rings. The second-order valence-electron chi connectivity index (χ2n) is 6.69. The summed E-state index contributed by atoms with van der Waals surface area (Å²) in [4.78, 5) is 25.3. The van der Waals surface area contributed by atoms with Crippen molar-refractivity contribution in [2.45, 2.75) is 24.9 Å². The fourth-order valence-electron chi connectivity index (χ4n) is 3.87. The number of carbonyl (C=O) groups excluding carboxylic acids is 2. The topological polar surface area (TPSA) is 75.6 Å². The molecule has 0 bridgehead atoms. The highest BCUT2D eigenvalue weighted by atomic mass is 16.5. The fourth-order valence-corrected chi connectivity index (χ4v) is 3.87. The van der Waals surface area contributed by atoms with E-state index in [4.69, 9.17) is 4.74 Å². The van der Waals surface area contributed by atoms with Gasteiger partial charge in [0.05, 0.1) is 7.11 Å². The van der Waals surface area contributed by atoms with E-state index in [9.17, 15) is 14.7 Å². The molecule has 128 valence electrons. The van der Waals surface area contributed by atoms with Gasteiger partial charge in [0, 0.05) is 22.7 Å². The lowest BCUT2D eigenvalue weighted by atomic mass is 9.75. The molecule has 0 radical (unpaired) electrons. The number of aliphatic hydroxyl groups is 1. The van der Waals surface area contributed by atoms with Crippen LogP contribution in [0.3, 0.4) is 0 Å². The molecule has 2 aromatic carbocycles. The molecule has 1 aliphatic carbocycles. The number of fused-ring (bicyclic) bond motifs is 2. The number of benzene rings is 2. The third-order valence-electron chi connectivity index (χ3n) is 5.25. The van der Waals surface area contributed by atoms with Crippen LogP contribution >= 0.6 is 0 Å². The van der Waals surface area contributed by atoms with Crippen LogP contribution in [0.4, 0.5) is 5.69 Å². The predicted molar refractivity (Wildman–Crippen MR) is 92.7 cm³/mol. The maximum Gasteiger partial charge on any atom is 0.261 e. The Kier molecular flexibility index (Phi) is 3.62. The lowest BCUT2D eigenvalue weighted by Crippen LogP contribution is -2.39. The van der Waals surface area contributed by atoms with Crippen LogP contribution in [0.25, 0.3) is 0 Å². The number of rotatable bonds is 3. The van der Waals surface area contributed by atoms with E-state index >= 15 is 0 Å². The Hall–Kier alpha value is -2.66. The van der Waals surface area contributed by atoms with Crippen LogP contribution in [0.5, 0.6) is 5.75 Å². The van der Waals surface area contributed by atoms with Crippen molar-refractivity contribution in [3.05, 3.63) is 59.2 Å². The first-order valence-corrected chi connectivity index (χ1v) is 8.37. The first-order valence-electron chi connectivity index (χ1n) is 8.37. The monoisotopic (exact) mass is 337 g/mol. The number of aryl methyl sites for hydroxylation is 1. The second-order valence-corrected chi connectivity index (χ2v) is 6.69. The molecule has 2 aromatic rings. The van der Waals surface area contributed by atoms with E-state index in [1.54, 1.807) is 37.4 Å². The van der Waals surface area contributed by atoms with Gasteiger partial charge in [0.25, 0.3) is 5.91 Å². The molecule has 0 saturated heterocycles. The van der Waals surface area contributed by atoms with Gasteiger partial charge >= 0.3 is 0 Å². The van der Waals surface area contributed by atoms with Crippen molar-refractivity contribution >= 4 is 17.4 Å². The zero-order chi connectivity index (χ0) is 17.6. The maximum absolute atomic E-state index is 12.9. The van der Waals surface area contributed by atoms with Crippen LogP contribution in [0.1, 0.15) is 34.3 Å². The highest BCUT2D eigenvalue weighted by Gasteiger charge is 2.48. The number of hydrogen-bond acceptors (Lipinski definition) is 4. The van der Waals surface area contributed by atoms with Crippen molar-refractivity contribution in [2.75, 3.05) is 12.4 Å². The lowest BCUT2D eigenvalue weighted by Gasteiger charge is -2.29. The van der Waals surface area contributed by atoms with E-state index in [-0.39, 0.29) is 12.2 Å². The molecule has 2 N–H and O–H groups in total. The second kappa shape index (κ2) is 5.70. The average molecular weight is 337 g/mol. The van der Waals surface area contributed by atoms with Crippen LogP contribution in [0, 0.1) is 5.92 Å². The number of nitrogens with one attached hydrogen (secondary N) is 1. The largest absolute Gasteiger partial charge is 0.497 e. The Morgan fingerprint density at radius 2 is 2.04 bits per heavy atom. The van der Waals surface area contributed by atoms with Crippen LogP contribution < -0.4 is 10.1 Å². The molecule has 0 spiro atoms. The first-order chi connectivity index (χ1) is 12.0. The Balaban J connectivity index is 1.66. The summed E-state index contributed by atoms with van der Waals surface area (Å²) in [5.74, 6) is -0.263. The third-order valence-corrected chi connectivity index (χ3v) is 5.25. The van der Waals surface area contributed by atoms with Gasteiger partial charge in [0.2, 0.25) is 0 Å². The molecule has 2 atom stereocenters. The van der Waals surface area contributed by atoms with E-state index in [0.717, 1.165) is 12.0 Å². The fraction of sp³-hybridized carbons (Fsp3) is 0.300. The van der Waals surface area contributed by atoms with Crippen molar-refractivity contribution in [3.8, 4) is 5.75 Å². The van der Waals surface area contributed by atoms with Crippen molar-refractivity contribution < 1.29 is 19.4 Å². The lowest BCUT2D eigenvalue weighted by molar-refractivity contribution is -0.135. The number of carbonyl (C=O) groups is 2. The Labute approximate surface area is 145 Å². The molecule has 4 rings (SSSR count). The molecule has 0 unspecified atom stereocenters. The number of Topliss-reactive ketones (excluding diaryl/α,β-unsaturated/α-hetero) is 1. The molecule has 0 aromatic heterocycles. The van der Waals surface area contributed by atoms with E-state index < -0.39 is 17.4 Å². The van der Waals surface area contributed by atoms with E-state index in [2.05, 4.69) is 5.32 Å². The number of ether oxygens (including phenoxy) is 1. The Morgan fingerprint density at radius 3 is 2.84 bits per heavy atom. The minimum absolute atomic E-state index is 0.0363. The molecule has 5 heteroatoms. The van der Waals surface area contributed by atoms with Gasteiger partial charge in [-0.3, -0.25) is 9.59 Å². The Morgan fingerprint density at radius 1 is 1.24 bits per heavy atom. The normalized spacial score (nSPS) is 24.5. The van der Waals surface area contributed by atoms with E-state index in [1.807, 2.05) is 12.1 Å². The van der Waals surface area contributed by atoms with Gasteiger partial charge in [-0.25, -0.2) is 0 Å². The minimum Gasteiger partial charge on any atom is -0.497 e. The van der Waals surface area contributed by atoms with Gasteiger partial charge in [-0.15, -0.1) is 0 Å². The van der Waals surface area contributed by atoms with Crippen LogP contribution in [-0.4, -0.2) is 23.9 Å². The Bertz CT molecular complexity index is 876. The highest BCUT2D eigenvalue weighted by Crippen LogP contribution is 2.42. The summed E-state index contributed by atoms with van der Waals surface area (Å²) >= 11 is 0. The van der Waals surface area contributed by atoms with Gasteiger partial charge in [0.15, 0.2) is 11.4 Å². The number of amides is 1. The summed E-state index contributed by atoms with van der Waals surface area (Å²) in [7, 11) is 1.56. The number of hydrogen-bond donors (Lipinski definition) is 2. The highest BCUT2D eigenvalue weighted by molar-refractivity contribution is 6.06. The van der Waals surface area contributed by atoms with Gasteiger partial charge in [0.1, 0.15) is 5.75 Å². The van der Waals surface area contributed by atoms with Crippen molar-refractivity contribution in [3.63, 3.8) is 0 Å². The predicted octanol–water partition coefficient (Wildman–Crippen LogP) is 2.67.